The number of pyridine rings is 2. The summed E-state index contributed by atoms with van der Waals surface area (Å²) in [5.74, 6) is 1.02. The zero-order valence-electron chi connectivity index (χ0n) is 20.3. The van der Waals surface area contributed by atoms with Crippen molar-refractivity contribution in [3.8, 4) is 5.88 Å². The van der Waals surface area contributed by atoms with Crippen molar-refractivity contribution < 1.29 is 17.9 Å². The highest BCUT2D eigenvalue weighted by Gasteiger charge is 2.39. The monoisotopic (exact) mass is 486 g/mol. The van der Waals surface area contributed by atoms with Gasteiger partial charge in [0.1, 0.15) is 11.9 Å². The Bertz CT molecular complexity index is 1150. The van der Waals surface area contributed by atoms with E-state index >= 15 is 0 Å². The van der Waals surface area contributed by atoms with Gasteiger partial charge >= 0.3 is 0 Å². The third-order valence-corrected chi connectivity index (χ3v) is 7.97. The maximum absolute atomic E-state index is 13.1. The lowest BCUT2D eigenvalue weighted by Gasteiger charge is -2.33. The maximum atomic E-state index is 13.1. The summed E-state index contributed by atoms with van der Waals surface area (Å²) in [5.41, 5.74) is 0.0303. The largest absolute Gasteiger partial charge is 0.474 e. The van der Waals surface area contributed by atoms with Gasteiger partial charge in [-0.25, -0.2) is 9.71 Å². The molecule has 4 rings (SSSR count). The molecule has 3 atom stereocenters. The van der Waals surface area contributed by atoms with Gasteiger partial charge in [-0.1, -0.05) is 26.3 Å². The summed E-state index contributed by atoms with van der Waals surface area (Å²) in [7, 11) is -4.20. The number of sulfonamides is 1. The van der Waals surface area contributed by atoms with Crippen molar-refractivity contribution in [3.63, 3.8) is 0 Å². The molecule has 1 N–H and O–H groups in total. The molecule has 0 radical (unpaired) electrons. The van der Waals surface area contributed by atoms with Gasteiger partial charge < -0.3 is 9.64 Å². The first-order chi connectivity index (χ1) is 16.0. The molecule has 184 valence electrons. The highest BCUT2D eigenvalue weighted by Crippen LogP contribution is 2.37. The van der Waals surface area contributed by atoms with E-state index in [9.17, 15) is 13.2 Å². The van der Waals surface area contributed by atoms with Crippen LogP contribution in [0.15, 0.2) is 41.6 Å². The number of anilines is 1. The minimum Gasteiger partial charge on any atom is -0.474 e. The predicted molar refractivity (Wildman–Crippen MR) is 130 cm³/mol. The number of amides is 1. The molecule has 1 amide bonds. The summed E-state index contributed by atoms with van der Waals surface area (Å²) in [6.07, 6.45) is 6.71. The molecular formula is C25H34N4O4S. The zero-order valence-corrected chi connectivity index (χ0v) is 21.1. The highest BCUT2D eigenvalue weighted by atomic mass is 32.2. The lowest BCUT2D eigenvalue weighted by Crippen LogP contribution is -2.41. The van der Waals surface area contributed by atoms with Crippen molar-refractivity contribution in [1.29, 1.82) is 0 Å². The molecule has 34 heavy (non-hydrogen) atoms. The molecule has 2 fully saturated rings. The summed E-state index contributed by atoms with van der Waals surface area (Å²) in [6.45, 7) is 9.30. The third kappa shape index (κ3) is 5.35. The second-order valence-electron chi connectivity index (χ2n) is 10.4. The quantitative estimate of drug-likeness (QED) is 0.654. The number of ether oxygens (including phenoxy) is 1. The predicted octanol–water partition coefficient (Wildman–Crippen LogP) is 4.18. The summed E-state index contributed by atoms with van der Waals surface area (Å²) in [4.78, 5) is 23.8. The lowest BCUT2D eigenvalue weighted by atomic mass is 9.89. The van der Waals surface area contributed by atoms with Crippen LogP contribution in [0.1, 0.15) is 70.2 Å². The second-order valence-corrected chi connectivity index (χ2v) is 12.0. The molecule has 0 spiro atoms. The molecule has 0 bridgehead atoms. The van der Waals surface area contributed by atoms with E-state index in [-0.39, 0.29) is 28.1 Å². The Morgan fingerprint density at radius 2 is 1.94 bits per heavy atom. The van der Waals surface area contributed by atoms with Gasteiger partial charge in [0, 0.05) is 24.3 Å². The number of nitrogens with one attached hydrogen (secondary N) is 1. The van der Waals surface area contributed by atoms with Crippen molar-refractivity contribution in [2.45, 2.75) is 76.5 Å². The average Bonchev–Trinajstić information content (AvgIpc) is 3.05. The Hall–Kier alpha value is -2.68. The molecule has 1 saturated heterocycles. The second kappa shape index (κ2) is 9.52. The fourth-order valence-corrected chi connectivity index (χ4v) is 6.17. The van der Waals surface area contributed by atoms with Gasteiger partial charge in [0.05, 0.1) is 5.56 Å². The topological polar surface area (TPSA) is 101 Å². The molecule has 3 heterocycles. The Kier molecular flexibility index (Phi) is 6.85. The molecule has 3 unspecified atom stereocenters. The molecule has 1 aliphatic carbocycles. The van der Waals surface area contributed by atoms with E-state index in [1.165, 1.54) is 12.5 Å². The van der Waals surface area contributed by atoms with E-state index in [1.807, 2.05) is 0 Å². The summed E-state index contributed by atoms with van der Waals surface area (Å²) in [6, 6.07) is 7.83. The Labute approximate surface area is 202 Å². The van der Waals surface area contributed by atoms with Gasteiger partial charge in [0.15, 0.2) is 5.03 Å². The summed E-state index contributed by atoms with van der Waals surface area (Å²) >= 11 is 0. The standard InChI is InChI=1S/C25H34N4O4S/c1-17-8-5-9-19(14-17)33-21-11-6-12-22(27-21)34(31,32)28-24(30)20-10-7-13-26-23(20)29-16-18(2)15-25(29,3)4/h6-7,10-13,17-19H,5,8-9,14-16H2,1-4H3,(H,28,30). The SMILES string of the molecule is CC1CCCC(Oc2cccc(S(=O)(=O)NC(=O)c3cccnc3N3CC(C)CC3(C)C)n2)C1. The molecule has 9 heteroatoms. The van der Waals surface area contributed by atoms with Crippen LogP contribution in [0.25, 0.3) is 0 Å². The zero-order chi connectivity index (χ0) is 24.5. The van der Waals surface area contributed by atoms with E-state index in [0.717, 1.165) is 32.2 Å². The fourth-order valence-electron chi connectivity index (χ4n) is 5.25. The molecule has 2 aromatic heterocycles. The summed E-state index contributed by atoms with van der Waals surface area (Å²) < 4.78 is 34.2. The smallest absolute Gasteiger partial charge is 0.281 e. The molecule has 1 saturated carbocycles. The normalized spacial score (nSPS) is 24.6. The number of nitrogens with zero attached hydrogens (tertiary/aromatic N) is 3. The molecule has 2 aliphatic rings. The summed E-state index contributed by atoms with van der Waals surface area (Å²) in [5, 5.41) is -0.247. The van der Waals surface area contributed by atoms with Crippen LogP contribution in [-0.4, -0.2) is 42.5 Å². The molecule has 1 aliphatic heterocycles. The Morgan fingerprint density at radius 1 is 1.15 bits per heavy atom. The van der Waals surface area contributed by atoms with Crippen LogP contribution < -0.4 is 14.4 Å². The van der Waals surface area contributed by atoms with Crippen LogP contribution in [0.3, 0.4) is 0 Å². The fraction of sp³-hybridized carbons (Fsp3) is 0.560. The van der Waals surface area contributed by atoms with Crippen LogP contribution in [0.2, 0.25) is 0 Å². The number of carbonyl (C=O) groups is 1. The van der Waals surface area contributed by atoms with E-state index in [4.69, 9.17) is 4.74 Å². The number of aromatic nitrogens is 2. The lowest BCUT2D eigenvalue weighted by molar-refractivity contribution is 0.0981. The molecule has 0 aromatic carbocycles. The number of hydrogen-bond acceptors (Lipinski definition) is 7. The van der Waals surface area contributed by atoms with Crippen molar-refractivity contribution in [2.75, 3.05) is 11.4 Å². The van der Waals surface area contributed by atoms with Crippen LogP contribution >= 0.6 is 0 Å². The van der Waals surface area contributed by atoms with E-state index < -0.39 is 15.9 Å². The van der Waals surface area contributed by atoms with Crippen molar-refractivity contribution in [1.82, 2.24) is 14.7 Å². The van der Waals surface area contributed by atoms with Crippen molar-refractivity contribution in [3.05, 3.63) is 42.1 Å². The minimum atomic E-state index is -4.20. The van der Waals surface area contributed by atoms with E-state index in [2.05, 4.69) is 47.3 Å². The van der Waals surface area contributed by atoms with Crippen LogP contribution in [0.5, 0.6) is 5.88 Å². The number of carbonyl (C=O) groups excluding carboxylic acids is 1. The van der Waals surface area contributed by atoms with Crippen LogP contribution in [0.4, 0.5) is 5.82 Å². The first kappa shape index (κ1) is 24.4. The van der Waals surface area contributed by atoms with Gasteiger partial charge in [-0.05, 0) is 69.6 Å². The van der Waals surface area contributed by atoms with Crippen LogP contribution in [0, 0.1) is 11.8 Å². The van der Waals surface area contributed by atoms with Gasteiger partial charge in [-0.3, -0.25) is 4.79 Å². The van der Waals surface area contributed by atoms with Gasteiger partial charge in [0.25, 0.3) is 15.9 Å². The Balaban J connectivity index is 1.53. The van der Waals surface area contributed by atoms with Gasteiger partial charge in [-0.15, -0.1) is 0 Å². The van der Waals surface area contributed by atoms with Gasteiger partial charge in [0.2, 0.25) is 5.88 Å². The van der Waals surface area contributed by atoms with E-state index in [1.54, 1.807) is 30.5 Å². The minimum absolute atomic E-state index is 0.0213. The third-order valence-electron chi connectivity index (χ3n) is 6.74. The van der Waals surface area contributed by atoms with Crippen LogP contribution in [-0.2, 0) is 10.0 Å². The number of rotatable bonds is 6. The average molecular weight is 487 g/mol. The molecule has 2 aromatic rings. The van der Waals surface area contributed by atoms with Crippen molar-refractivity contribution in [2.24, 2.45) is 11.8 Å². The van der Waals surface area contributed by atoms with Gasteiger partial charge in [-0.2, -0.15) is 13.4 Å². The first-order valence-electron chi connectivity index (χ1n) is 12.0. The Morgan fingerprint density at radius 3 is 2.65 bits per heavy atom. The number of hydrogen-bond donors (Lipinski definition) is 1. The molecule has 8 nitrogen and oxygen atoms in total. The highest BCUT2D eigenvalue weighted by molar-refractivity contribution is 7.90. The van der Waals surface area contributed by atoms with Crippen molar-refractivity contribution >= 4 is 21.7 Å². The first-order valence-corrected chi connectivity index (χ1v) is 13.5. The van der Waals surface area contributed by atoms with E-state index in [0.29, 0.717) is 17.7 Å². The maximum Gasteiger partial charge on any atom is 0.281 e. The molecular weight excluding hydrogens is 452 g/mol.